The van der Waals surface area contributed by atoms with E-state index in [1.807, 2.05) is 14.0 Å². The molecule has 0 radical (unpaired) electrons. The molecule has 0 saturated carbocycles. The molecule has 0 atom stereocenters. The van der Waals surface area contributed by atoms with Gasteiger partial charge in [0.25, 0.3) is 5.78 Å². The summed E-state index contributed by atoms with van der Waals surface area (Å²) in [6, 6.07) is 8.48. The zero-order chi connectivity index (χ0) is 15.0. The second kappa shape index (κ2) is 5.33. The first kappa shape index (κ1) is 13.8. The maximum Gasteiger partial charge on any atom is 0.255 e. The van der Waals surface area contributed by atoms with Crippen LogP contribution < -0.4 is 4.90 Å². The van der Waals surface area contributed by atoms with E-state index in [0.29, 0.717) is 10.9 Å². The number of nitrogens with zero attached hydrogens (tertiary/aromatic N) is 5. The molecular weight excluding hydrogens is 286 g/mol. The summed E-state index contributed by atoms with van der Waals surface area (Å²) in [5, 5.41) is 4.70. The van der Waals surface area contributed by atoms with Crippen LogP contribution in [0.2, 0.25) is 5.15 Å². The molecule has 2 heterocycles. The molecule has 5 nitrogen and oxygen atoms in total. The number of hydrogen-bond donors (Lipinski definition) is 0. The van der Waals surface area contributed by atoms with Crippen molar-refractivity contribution in [3.63, 3.8) is 0 Å². The van der Waals surface area contributed by atoms with Crippen molar-refractivity contribution >= 4 is 23.2 Å². The standard InChI is InChI=1S/C15H16ClN5/c1-10-4-6-12(7-5-10)8-20(3)14-11(2)13(16)19-15-17-9-18-21(14)15/h4-7,9H,8H2,1-3H3. The molecule has 0 aliphatic carbocycles. The van der Waals surface area contributed by atoms with Gasteiger partial charge in [-0.2, -0.15) is 19.6 Å². The molecule has 21 heavy (non-hydrogen) atoms. The van der Waals surface area contributed by atoms with E-state index in [-0.39, 0.29) is 0 Å². The average molecular weight is 302 g/mol. The van der Waals surface area contributed by atoms with Crippen molar-refractivity contribution in [3.05, 3.63) is 52.4 Å². The van der Waals surface area contributed by atoms with E-state index in [1.54, 1.807) is 4.52 Å². The summed E-state index contributed by atoms with van der Waals surface area (Å²) in [6.07, 6.45) is 1.49. The number of aryl methyl sites for hydroxylation is 1. The third-order valence-corrected chi connectivity index (χ3v) is 3.84. The number of rotatable bonds is 3. The zero-order valence-electron chi connectivity index (χ0n) is 12.2. The smallest absolute Gasteiger partial charge is 0.255 e. The lowest BCUT2D eigenvalue weighted by atomic mass is 10.1. The fourth-order valence-corrected chi connectivity index (χ4v) is 2.53. The maximum absolute atomic E-state index is 6.20. The number of benzene rings is 1. The second-order valence-corrected chi connectivity index (χ2v) is 5.52. The highest BCUT2D eigenvalue weighted by atomic mass is 35.5. The predicted molar refractivity (Wildman–Crippen MR) is 83.8 cm³/mol. The molecule has 0 unspecified atom stereocenters. The van der Waals surface area contributed by atoms with Crippen LogP contribution in [-0.4, -0.2) is 26.6 Å². The van der Waals surface area contributed by atoms with Gasteiger partial charge >= 0.3 is 0 Å². The Morgan fingerprint density at radius 2 is 1.90 bits per heavy atom. The van der Waals surface area contributed by atoms with Gasteiger partial charge in [0.2, 0.25) is 0 Å². The lowest BCUT2D eigenvalue weighted by Crippen LogP contribution is -2.21. The van der Waals surface area contributed by atoms with Crippen LogP contribution in [0, 0.1) is 13.8 Å². The number of halogens is 1. The van der Waals surface area contributed by atoms with Gasteiger partial charge in [-0.15, -0.1) is 0 Å². The highest BCUT2D eigenvalue weighted by Crippen LogP contribution is 2.25. The molecule has 0 bridgehead atoms. The van der Waals surface area contributed by atoms with Crippen molar-refractivity contribution in [1.82, 2.24) is 19.6 Å². The van der Waals surface area contributed by atoms with Gasteiger partial charge in [-0.3, -0.25) is 0 Å². The average Bonchev–Trinajstić information content (AvgIpc) is 2.90. The summed E-state index contributed by atoms with van der Waals surface area (Å²) in [4.78, 5) is 10.4. The molecule has 6 heteroatoms. The lowest BCUT2D eigenvalue weighted by Gasteiger charge is -2.22. The van der Waals surface area contributed by atoms with E-state index < -0.39 is 0 Å². The Morgan fingerprint density at radius 1 is 1.19 bits per heavy atom. The van der Waals surface area contributed by atoms with Crippen molar-refractivity contribution in [2.75, 3.05) is 11.9 Å². The molecule has 0 amide bonds. The van der Waals surface area contributed by atoms with Crippen molar-refractivity contribution < 1.29 is 0 Å². The highest BCUT2D eigenvalue weighted by molar-refractivity contribution is 6.30. The van der Waals surface area contributed by atoms with Gasteiger partial charge in [0, 0.05) is 19.2 Å². The lowest BCUT2D eigenvalue weighted by molar-refractivity contribution is 0.823. The van der Waals surface area contributed by atoms with Crippen molar-refractivity contribution in [1.29, 1.82) is 0 Å². The zero-order valence-corrected chi connectivity index (χ0v) is 13.0. The first-order chi connectivity index (χ1) is 10.1. The Balaban J connectivity index is 2.01. The van der Waals surface area contributed by atoms with Crippen LogP contribution in [-0.2, 0) is 6.54 Å². The number of hydrogen-bond acceptors (Lipinski definition) is 4. The Bertz CT molecular complexity index is 779. The molecule has 2 aromatic heterocycles. The second-order valence-electron chi connectivity index (χ2n) is 5.16. The van der Waals surface area contributed by atoms with Crippen LogP contribution in [0.5, 0.6) is 0 Å². The molecule has 0 aliphatic heterocycles. The Hall–Kier alpha value is -2.14. The largest absolute Gasteiger partial charge is 0.355 e. The molecule has 3 rings (SSSR count). The molecule has 0 spiro atoms. The van der Waals surface area contributed by atoms with Gasteiger partial charge in [0.15, 0.2) is 0 Å². The first-order valence-electron chi connectivity index (χ1n) is 6.69. The quantitative estimate of drug-likeness (QED) is 0.698. The Kier molecular flexibility index (Phi) is 3.51. The van der Waals surface area contributed by atoms with Crippen LogP contribution >= 0.6 is 11.6 Å². The summed E-state index contributed by atoms with van der Waals surface area (Å²) in [7, 11) is 2.01. The minimum Gasteiger partial charge on any atom is -0.355 e. The first-order valence-corrected chi connectivity index (χ1v) is 7.06. The molecule has 0 saturated heterocycles. The maximum atomic E-state index is 6.20. The van der Waals surface area contributed by atoms with E-state index in [4.69, 9.17) is 11.6 Å². The third-order valence-electron chi connectivity index (χ3n) is 3.48. The normalized spacial score (nSPS) is 11.0. The summed E-state index contributed by atoms with van der Waals surface area (Å²) < 4.78 is 1.72. The van der Waals surface area contributed by atoms with E-state index in [9.17, 15) is 0 Å². The van der Waals surface area contributed by atoms with E-state index in [2.05, 4.69) is 51.2 Å². The molecule has 0 aliphatic rings. The van der Waals surface area contributed by atoms with Crippen molar-refractivity contribution in [3.8, 4) is 0 Å². The SMILES string of the molecule is Cc1ccc(CN(C)c2c(C)c(Cl)nc3ncnn23)cc1. The Morgan fingerprint density at radius 3 is 2.62 bits per heavy atom. The molecular formula is C15H16ClN5. The fraction of sp³-hybridized carbons (Fsp3) is 0.267. The van der Waals surface area contributed by atoms with Crippen LogP contribution in [0.3, 0.4) is 0 Å². The van der Waals surface area contributed by atoms with Gasteiger partial charge < -0.3 is 4.90 Å². The van der Waals surface area contributed by atoms with Gasteiger partial charge in [0.05, 0.1) is 0 Å². The van der Waals surface area contributed by atoms with E-state index in [0.717, 1.165) is 17.9 Å². The molecule has 1 aromatic carbocycles. The van der Waals surface area contributed by atoms with Gasteiger partial charge in [0.1, 0.15) is 17.3 Å². The highest BCUT2D eigenvalue weighted by Gasteiger charge is 2.16. The molecule has 0 fully saturated rings. The van der Waals surface area contributed by atoms with Gasteiger partial charge in [-0.25, -0.2) is 0 Å². The summed E-state index contributed by atoms with van der Waals surface area (Å²) in [6.45, 7) is 4.78. The molecule has 108 valence electrons. The third kappa shape index (κ3) is 2.56. The van der Waals surface area contributed by atoms with Crippen LogP contribution in [0.4, 0.5) is 5.82 Å². The topological polar surface area (TPSA) is 46.3 Å². The summed E-state index contributed by atoms with van der Waals surface area (Å²) in [5.41, 5.74) is 3.37. The fourth-order valence-electron chi connectivity index (χ4n) is 2.37. The van der Waals surface area contributed by atoms with Crippen molar-refractivity contribution in [2.45, 2.75) is 20.4 Å². The molecule has 3 aromatic rings. The molecule has 0 N–H and O–H groups in total. The monoisotopic (exact) mass is 301 g/mol. The minimum atomic E-state index is 0.459. The van der Waals surface area contributed by atoms with Gasteiger partial charge in [-0.05, 0) is 19.4 Å². The van der Waals surface area contributed by atoms with Crippen LogP contribution in [0.1, 0.15) is 16.7 Å². The van der Waals surface area contributed by atoms with Crippen molar-refractivity contribution in [2.24, 2.45) is 0 Å². The number of anilines is 1. The summed E-state index contributed by atoms with van der Waals surface area (Å²) in [5.74, 6) is 1.42. The van der Waals surface area contributed by atoms with Crippen LogP contribution in [0.15, 0.2) is 30.6 Å². The Labute approximate surface area is 128 Å². The van der Waals surface area contributed by atoms with E-state index >= 15 is 0 Å². The van der Waals surface area contributed by atoms with E-state index in [1.165, 1.54) is 17.5 Å². The van der Waals surface area contributed by atoms with Gasteiger partial charge in [-0.1, -0.05) is 41.4 Å². The summed E-state index contributed by atoms with van der Waals surface area (Å²) >= 11 is 6.20. The number of fused-ring (bicyclic) bond motifs is 1. The minimum absolute atomic E-state index is 0.459. The number of aromatic nitrogens is 4. The van der Waals surface area contributed by atoms with Crippen LogP contribution in [0.25, 0.3) is 5.78 Å². The predicted octanol–water partition coefficient (Wildman–Crippen LogP) is 3.03.